The minimum Gasteiger partial charge on any atom is -0.493 e. The van der Waals surface area contributed by atoms with Crippen molar-refractivity contribution in [3.05, 3.63) is 48.0 Å². The fourth-order valence-electron chi connectivity index (χ4n) is 3.35. The number of hydrogen-bond acceptors (Lipinski definition) is 6. The van der Waals surface area contributed by atoms with Gasteiger partial charge in [0, 0.05) is 38.3 Å². The molecule has 0 N–H and O–H groups in total. The molecule has 0 radical (unpaired) electrons. The van der Waals surface area contributed by atoms with Crippen LogP contribution >= 0.6 is 0 Å². The predicted molar refractivity (Wildman–Crippen MR) is 110 cm³/mol. The summed E-state index contributed by atoms with van der Waals surface area (Å²) in [6.45, 7) is 4.37. The summed E-state index contributed by atoms with van der Waals surface area (Å²) in [5, 5.41) is 0. The van der Waals surface area contributed by atoms with Crippen LogP contribution in [0.15, 0.2) is 42.5 Å². The SMILES string of the molecule is COc1ccc(C(=O)N2CCN(CCOc3ccccc3OC)CC2)cc1OC. The second-order valence-corrected chi connectivity index (χ2v) is 6.70. The Balaban J connectivity index is 1.48. The van der Waals surface area contributed by atoms with Crippen LogP contribution in [0.2, 0.25) is 0 Å². The molecular formula is C22H28N2O5. The van der Waals surface area contributed by atoms with Crippen molar-refractivity contribution in [3.63, 3.8) is 0 Å². The zero-order valence-electron chi connectivity index (χ0n) is 17.2. The molecule has 0 unspecified atom stereocenters. The maximum absolute atomic E-state index is 12.8. The number of methoxy groups -OCH3 is 3. The number of amides is 1. The molecule has 1 amide bonds. The van der Waals surface area contributed by atoms with Crippen molar-refractivity contribution < 1.29 is 23.7 Å². The Hall–Kier alpha value is -2.93. The minimum absolute atomic E-state index is 0.0101. The fraction of sp³-hybridized carbons (Fsp3) is 0.409. The van der Waals surface area contributed by atoms with Gasteiger partial charge in [-0.2, -0.15) is 0 Å². The van der Waals surface area contributed by atoms with Gasteiger partial charge in [-0.1, -0.05) is 12.1 Å². The van der Waals surface area contributed by atoms with Crippen molar-refractivity contribution in [2.24, 2.45) is 0 Å². The van der Waals surface area contributed by atoms with Gasteiger partial charge in [-0.05, 0) is 30.3 Å². The maximum atomic E-state index is 12.8. The van der Waals surface area contributed by atoms with Crippen LogP contribution < -0.4 is 18.9 Å². The molecule has 29 heavy (non-hydrogen) atoms. The van der Waals surface area contributed by atoms with Crippen molar-refractivity contribution in [2.45, 2.75) is 0 Å². The van der Waals surface area contributed by atoms with Crippen molar-refractivity contribution >= 4 is 5.91 Å². The van der Waals surface area contributed by atoms with E-state index in [1.165, 1.54) is 0 Å². The van der Waals surface area contributed by atoms with E-state index in [1.807, 2.05) is 29.2 Å². The first-order valence-electron chi connectivity index (χ1n) is 9.65. The zero-order chi connectivity index (χ0) is 20.6. The van der Waals surface area contributed by atoms with E-state index in [0.29, 0.717) is 36.8 Å². The molecule has 1 aliphatic rings. The van der Waals surface area contributed by atoms with E-state index in [2.05, 4.69) is 4.90 Å². The maximum Gasteiger partial charge on any atom is 0.254 e. The van der Waals surface area contributed by atoms with E-state index in [-0.39, 0.29) is 5.91 Å². The summed E-state index contributed by atoms with van der Waals surface area (Å²) >= 11 is 0. The standard InChI is InChI=1S/C22H28N2O5/c1-26-18-6-4-5-7-20(18)29-15-14-23-10-12-24(13-11-23)22(25)17-8-9-19(27-2)21(16-17)28-3/h4-9,16H,10-15H2,1-3H3. The third-order valence-corrected chi connectivity index (χ3v) is 5.02. The molecule has 1 aliphatic heterocycles. The topological polar surface area (TPSA) is 60.5 Å². The average Bonchev–Trinajstić information content (AvgIpc) is 2.78. The Morgan fingerprint density at radius 1 is 0.828 bits per heavy atom. The molecule has 7 heteroatoms. The third-order valence-electron chi connectivity index (χ3n) is 5.02. The van der Waals surface area contributed by atoms with Gasteiger partial charge >= 0.3 is 0 Å². The minimum atomic E-state index is 0.0101. The van der Waals surface area contributed by atoms with Crippen LogP contribution in [-0.4, -0.2) is 76.4 Å². The van der Waals surface area contributed by atoms with Gasteiger partial charge in [0.2, 0.25) is 0 Å². The van der Waals surface area contributed by atoms with Gasteiger partial charge in [-0.15, -0.1) is 0 Å². The summed E-state index contributed by atoms with van der Waals surface area (Å²) in [7, 11) is 4.78. The normalized spacial score (nSPS) is 14.4. The highest BCUT2D eigenvalue weighted by Gasteiger charge is 2.23. The first-order chi connectivity index (χ1) is 14.2. The van der Waals surface area contributed by atoms with Gasteiger partial charge in [-0.25, -0.2) is 0 Å². The van der Waals surface area contributed by atoms with Gasteiger partial charge in [0.05, 0.1) is 21.3 Å². The molecule has 3 rings (SSSR count). The predicted octanol–water partition coefficient (Wildman–Crippen LogP) is 2.55. The highest BCUT2D eigenvalue weighted by molar-refractivity contribution is 5.95. The molecule has 2 aromatic carbocycles. The molecule has 1 saturated heterocycles. The Bertz CT molecular complexity index is 819. The lowest BCUT2D eigenvalue weighted by molar-refractivity contribution is 0.0619. The summed E-state index contributed by atoms with van der Waals surface area (Å²) in [6, 6.07) is 12.9. The van der Waals surface area contributed by atoms with Crippen LogP contribution in [-0.2, 0) is 0 Å². The van der Waals surface area contributed by atoms with Crippen molar-refractivity contribution in [1.29, 1.82) is 0 Å². The lowest BCUT2D eigenvalue weighted by Crippen LogP contribution is -2.49. The first kappa shape index (κ1) is 20.8. The summed E-state index contributed by atoms with van der Waals surface area (Å²) < 4.78 is 21.7. The van der Waals surface area contributed by atoms with Crippen molar-refractivity contribution in [2.75, 3.05) is 60.7 Å². The van der Waals surface area contributed by atoms with Crippen LogP contribution in [0.25, 0.3) is 0 Å². The van der Waals surface area contributed by atoms with E-state index in [0.717, 1.165) is 31.1 Å². The number of piperazine rings is 1. The van der Waals surface area contributed by atoms with E-state index < -0.39 is 0 Å². The molecule has 0 atom stereocenters. The number of hydrogen-bond donors (Lipinski definition) is 0. The number of carbonyl (C=O) groups excluding carboxylic acids is 1. The number of carbonyl (C=O) groups is 1. The highest BCUT2D eigenvalue weighted by atomic mass is 16.5. The zero-order valence-corrected chi connectivity index (χ0v) is 17.2. The average molecular weight is 400 g/mol. The van der Waals surface area contributed by atoms with E-state index in [9.17, 15) is 4.79 Å². The quantitative estimate of drug-likeness (QED) is 0.679. The number of nitrogens with zero attached hydrogens (tertiary/aromatic N) is 2. The molecule has 0 saturated carbocycles. The summed E-state index contributed by atoms with van der Waals surface area (Å²) in [5.74, 6) is 2.67. The first-order valence-corrected chi connectivity index (χ1v) is 9.65. The lowest BCUT2D eigenvalue weighted by atomic mass is 10.1. The van der Waals surface area contributed by atoms with E-state index in [1.54, 1.807) is 39.5 Å². The Kier molecular flexibility index (Phi) is 7.19. The van der Waals surface area contributed by atoms with Crippen molar-refractivity contribution in [3.8, 4) is 23.0 Å². The molecule has 1 heterocycles. The number of para-hydroxylation sites is 2. The van der Waals surface area contributed by atoms with E-state index >= 15 is 0 Å². The lowest BCUT2D eigenvalue weighted by Gasteiger charge is -2.34. The Morgan fingerprint density at radius 2 is 1.45 bits per heavy atom. The van der Waals surface area contributed by atoms with Gasteiger partial charge in [0.15, 0.2) is 23.0 Å². The summed E-state index contributed by atoms with van der Waals surface area (Å²) in [6.07, 6.45) is 0. The largest absolute Gasteiger partial charge is 0.493 e. The highest BCUT2D eigenvalue weighted by Crippen LogP contribution is 2.28. The molecule has 0 bridgehead atoms. The number of rotatable bonds is 8. The van der Waals surface area contributed by atoms with Crippen LogP contribution in [0.1, 0.15) is 10.4 Å². The second kappa shape index (κ2) is 10.0. The third kappa shape index (κ3) is 5.12. The van der Waals surface area contributed by atoms with Crippen LogP contribution in [0.3, 0.4) is 0 Å². The van der Waals surface area contributed by atoms with Crippen LogP contribution in [0, 0.1) is 0 Å². The Morgan fingerprint density at radius 3 is 2.10 bits per heavy atom. The molecule has 0 aromatic heterocycles. The van der Waals surface area contributed by atoms with Gasteiger partial charge < -0.3 is 23.8 Å². The molecular weight excluding hydrogens is 372 g/mol. The monoisotopic (exact) mass is 400 g/mol. The molecule has 156 valence electrons. The summed E-state index contributed by atoms with van der Waals surface area (Å²) in [4.78, 5) is 17.0. The van der Waals surface area contributed by atoms with Crippen LogP contribution in [0.4, 0.5) is 0 Å². The van der Waals surface area contributed by atoms with Gasteiger partial charge in [-0.3, -0.25) is 9.69 Å². The van der Waals surface area contributed by atoms with Gasteiger partial charge in [0.25, 0.3) is 5.91 Å². The van der Waals surface area contributed by atoms with Crippen LogP contribution in [0.5, 0.6) is 23.0 Å². The molecule has 0 spiro atoms. The molecule has 0 aliphatic carbocycles. The van der Waals surface area contributed by atoms with Gasteiger partial charge in [0.1, 0.15) is 6.61 Å². The molecule has 2 aromatic rings. The smallest absolute Gasteiger partial charge is 0.254 e. The number of ether oxygens (including phenoxy) is 4. The fourth-order valence-corrected chi connectivity index (χ4v) is 3.35. The summed E-state index contributed by atoms with van der Waals surface area (Å²) in [5.41, 5.74) is 0.607. The Labute approximate surface area is 171 Å². The molecule has 7 nitrogen and oxygen atoms in total. The number of benzene rings is 2. The van der Waals surface area contributed by atoms with E-state index in [4.69, 9.17) is 18.9 Å². The van der Waals surface area contributed by atoms with Crippen molar-refractivity contribution in [1.82, 2.24) is 9.80 Å². The molecule has 1 fully saturated rings. The second-order valence-electron chi connectivity index (χ2n) is 6.70.